The number of nitrogens with zero attached hydrogens (tertiary/aromatic N) is 2. The van der Waals surface area contributed by atoms with Crippen LogP contribution in [0.3, 0.4) is 0 Å². The number of benzene rings is 12. The molecule has 0 unspecified atom stereocenters. The fourth-order valence-electron chi connectivity index (χ4n) is 11.1. The zero-order valence-electron chi connectivity index (χ0n) is 37.6. The number of rotatable bonds is 7. The Kier molecular flexibility index (Phi) is 8.90. The van der Waals surface area contributed by atoms with Crippen molar-refractivity contribution in [1.82, 2.24) is 4.57 Å². The van der Waals surface area contributed by atoms with Crippen LogP contribution in [0.25, 0.3) is 115 Å². The molecule has 0 spiro atoms. The second-order valence-corrected chi connectivity index (χ2v) is 18.0. The van der Waals surface area contributed by atoms with Crippen LogP contribution in [0.4, 0.5) is 17.1 Å². The molecule has 0 amide bonds. The quantitative estimate of drug-likeness (QED) is 0.159. The lowest BCUT2D eigenvalue weighted by atomic mass is 9.95. The smallest absolute Gasteiger partial charge is 0.145 e. The Hall–Kier alpha value is -9.18. The molecule has 69 heavy (non-hydrogen) atoms. The van der Waals surface area contributed by atoms with Crippen LogP contribution in [0, 0.1) is 0 Å². The summed E-state index contributed by atoms with van der Waals surface area (Å²) in [6, 6.07) is 92.4. The van der Waals surface area contributed by atoms with Gasteiger partial charge in [0.15, 0.2) is 0 Å². The lowest BCUT2D eigenvalue weighted by Gasteiger charge is -2.27. The van der Waals surface area contributed by atoms with E-state index in [4.69, 9.17) is 4.42 Å². The molecule has 0 saturated heterocycles. The molecule has 322 valence electrons. The van der Waals surface area contributed by atoms with Crippen LogP contribution in [-0.4, -0.2) is 4.57 Å². The second-order valence-electron chi connectivity index (χ2n) is 18.0. The van der Waals surface area contributed by atoms with Crippen LogP contribution < -0.4 is 4.90 Å². The van der Waals surface area contributed by atoms with E-state index in [1.807, 2.05) is 0 Å². The zero-order valence-corrected chi connectivity index (χ0v) is 37.6. The van der Waals surface area contributed by atoms with Gasteiger partial charge in [0.05, 0.1) is 27.8 Å². The maximum atomic E-state index is 6.95. The van der Waals surface area contributed by atoms with Crippen molar-refractivity contribution < 1.29 is 4.42 Å². The molecule has 0 radical (unpaired) electrons. The van der Waals surface area contributed by atoms with E-state index in [1.165, 1.54) is 76.5 Å². The van der Waals surface area contributed by atoms with Crippen molar-refractivity contribution in [2.45, 2.75) is 0 Å². The van der Waals surface area contributed by atoms with Crippen LogP contribution >= 0.6 is 0 Å². The van der Waals surface area contributed by atoms with Crippen LogP contribution in [0.2, 0.25) is 0 Å². The van der Waals surface area contributed by atoms with Crippen molar-refractivity contribution in [1.29, 1.82) is 0 Å². The number of fused-ring (bicyclic) bond motifs is 9. The first-order chi connectivity index (χ1) is 34.2. The van der Waals surface area contributed by atoms with Gasteiger partial charge in [-0.05, 0) is 115 Å². The Labute approximate surface area is 399 Å². The Bertz CT molecular complexity index is 4290. The van der Waals surface area contributed by atoms with Gasteiger partial charge in [0.2, 0.25) is 0 Å². The molecule has 0 atom stereocenters. The van der Waals surface area contributed by atoms with Gasteiger partial charge in [-0.1, -0.05) is 194 Å². The van der Waals surface area contributed by atoms with Crippen LogP contribution in [0.1, 0.15) is 0 Å². The Morgan fingerprint density at radius 3 is 1.51 bits per heavy atom. The first kappa shape index (κ1) is 39.0. The highest BCUT2D eigenvalue weighted by molar-refractivity contribution is 6.19. The summed E-state index contributed by atoms with van der Waals surface area (Å²) in [6.45, 7) is 0. The first-order valence-electron chi connectivity index (χ1n) is 23.7. The molecule has 0 aliphatic heterocycles. The second kappa shape index (κ2) is 15.7. The van der Waals surface area contributed by atoms with Gasteiger partial charge in [-0.15, -0.1) is 0 Å². The molecule has 14 rings (SSSR count). The van der Waals surface area contributed by atoms with Crippen molar-refractivity contribution in [3.8, 4) is 39.1 Å². The predicted octanol–water partition coefficient (Wildman–Crippen LogP) is 18.6. The molecule has 0 aliphatic carbocycles. The standard InChI is InChI=1S/C66H42N2O/c1-4-21-50-43(15-1)18-11-26-51(50)46-33-37-48(38-34-46)67(62-42-41-56(55-28-12-19-44-16-2-5-22-52(44)55)66-65(62)58-25-8-10-32-63(58)69-66)49-39-35-47(36-40-49)54-27-14-31-61-64(54)57-24-7-9-29-60(57)68(61)59-30-13-20-45-17-3-6-23-53(45)59/h1-42H. The van der Waals surface area contributed by atoms with Crippen molar-refractivity contribution >= 4 is 93.1 Å². The normalized spacial score (nSPS) is 11.8. The van der Waals surface area contributed by atoms with E-state index in [-0.39, 0.29) is 0 Å². The topological polar surface area (TPSA) is 21.3 Å². The summed E-state index contributed by atoms with van der Waals surface area (Å²) in [5.74, 6) is 0. The van der Waals surface area contributed by atoms with Crippen molar-refractivity contribution in [2.75, 3.05) is 4.90 Å². The van der Waals surface area contributed by atoms with Crippen LogP contribution in [0.5, 0.6) is 0 Å². The van der Waals surface area contributed by atoms with Gasteiger partial charge in [0.25, 0.3) is 0 Å². The minimum Gasteiger partial charge on any atom is -0.455 e. The number of hydrogen-bond donors (Lipinski definition) is 0. The fraction of sp³-hybridized carbons (Fsp3) is 0. The van der Waals surface area contributed by atoms with E-state index >= 15 is 0 Å². The summed E-state index contributed by atoms with van der Waals surface area (Å²) in [5, 5.41) is 11.9. The summed E-state index contributed by atoms with van der Waals surface area (Å²) in [5.41, 5.74) is 15.4. The van der Waals surface area contributed by atoms with Crippen LogP contribution in [-0.2, 0) is 0 Å². The van der Waals surface area contributed by atoms with E-state index in [9.17, 15) is 0 Å². The molecule has 2 aromatic heterocycles. The molecule has 3 nitrogen and oxygen atoms in total. The molecule has 2 heterocycles. The molecule has 0 bridgehead atoms. The number of aromatic nitrogens is 1. The van der Waals surface area contributed by atoms with Gasteiger partial charge in [0.1, 0.15) is 11.2 Å². The molecule has 3 heteroatoms. The molecule has 12 aromatic carbocycles. The highest BCUT2D eigenvalue weighted by Crippen LogP contribution is 2.48. The summed E-state index contributed by atoms with van der Waals surface area (Å²) < 4.78 is 9.39. The third-order valence-corrected chi connectivity index (χ3v) is 14.2. The minimum atomic E-state index is 0.860. The van der Waals surface area contributed by atoms with E-state index in [2.05, 4.69) is 264 Å². The number of furan rings is 1. The maximum Gasteiger partial charge on any atom is 0.145 e. The van der Waals surface area contributed by atoms with Gasteiger partial charge in [-0.3, -0.25) is 0 Å². The Morgan fingerprint density at radius 2 is 0.797 bits per heavy atom. The SMILES string of the molecule is c1ccc2c(-c3ccc(N(c4ccc(-c5cccc6c5c5ccccc5n6-c5cccc6ccccc56)cc4)c4ccc(-c5cccc6ccccc56)c5oc6ccccc6c45)cc3)cccc2c1. The third kappa shape index (κ3) is 6.21. The van der Waals surface area contributed by atoms with Crippen molar-refractivity contribution in [3.63, 3.8) is 0 Å². The summed E-state index contributed by atoms with van der Waals surface area (Å²) >= 11 is 0. The first-order valence-corrected chi connectivity index (χ1v) is 23.7. The van der Waals surface area contributed by atoms with Crippen molar-refractivity contribution in [3.05, 3.63) is 255 Å². The highest BCUT2D eigenvalue weighted by Gasteiger charge is 2.24. The molecule has 0 fully saturated rings. The van der Waals surface area contributed by atoms with Gasteiger partial charge < -0.3 is 13.9 Å². The molecular weight excluding hydrogens is 837 g/mol. The monoisotopic (exact) mass is 878 g/mol. The van der Waals surface area contributed by atoms with Gasteiger partial charge >= 0.3 is 0 Å². The number of anilines is 3. The average Bonchev–Trinajstić information content (AvgIpc) is 3.98. The largest absolute Gasteiger partial charge is 0.455 e. The van der Waals surface area contributed by atoms with Gasteiger partial charge in [0, 0.05) is 38.5 Å². The van der Waals surface area contributed by atoms with E-state index < -0.39 is 0 Å². The molecule has 0 N–H and O–H groups in total. The molecular formula is C66H42N2O. The minimum absolute atomic E-state index is 0.860. The summed E-state index contributed by atoms with van der Waals surface area (Å²) in [4.78, 5) is 2.40. The van der Waals surface area contributed by atoms with Crippen LogP contribution in [0.15, 0.2) is 259 Å². The highest BCUT2D eigenvalue weighted by atomic mass is 16.3. The van der Waals surface area contributed by atoms with Gasteiger partial charge in [-0.2, -0.15) is 0 Å². The van der Waals surface area contributed by atoms with E-state index in [0.717, 1.165) is 55.7 Å². The lowest BCUT2D eigenvalue weighted by Crippen LogP contribution is -2.10. The lowest BCUT2D eigenvalue weighted by molar-refractivity contribution is 0.670. The van der Waals surface area contributed by atoms with E-state index in [1.54, 1.807) is 0 Å². The molecule has 14 aromatic rings. The van der Waals surface area contributed by atoms with Crippen molar-refractivity contribution in [2.24, 2.45) is 0 Å². The zero-order chi connectivity index (χ0) is 45.4. The number of para-hydroxylation sites is 2. The Morgan fingerprint density at radius 1 is 0.304 bits per heavy atom. The molecule has 0 aliphatic rings. The predicted molar refractivity (Wildman–Crippen MR) is 292 cm³/mol. The Balaban J connectivity index is 0.964. The summed E-state index contributed by atoms with van der Waals surface area (Å²) in [7, 11) is 0. The summed E-state index contributed by atoms with van der Waals surface area (Å²) in [6.07, 6.45) is 0. The fourth-order valence-corrected chi connectivity index (χ4v) is 11.1. The number of hydrogen-bond acceptors (Lipinski definition) is 2. The molecule has 0 saturated carbocycles. The van der Waals surface area contributed by atoms with Gasteiger partial charge in [-0.25, -0.2) is 0 Å². The average molecular weight is 879 g/mol. The van der Waals surface area contributed by atoms with E-state index in [0.29, 0.717) is 0 Å². The maximum absolute atomic E-state index is 6.95. The third-order valence-electron chi connectivity index (χ3n) is 14.2.